The Hall–Kier alpha value is -2.23. The van der Waals surface area contributed by atoms with Gasteiger partial charge in [-0.2, -0.15) is 27.8 Å². The van der Waals surface area contributed by atoms with Crippen molar-refractivity contribution in [3.8, 4) is 0 Å². The fourth-order valence-corrected chi connectivity index (χ4v) is 2.15. The summed E-state index contributed by atoms with van der Waals surface area (Å²) in [5.74, 6) is -0.645. The van der Waals surface area contributed by atoms with Crippen LogP contribution in [0.25, 0.3) is 0 Å². The molecule has 0 bridgehead atoms. The van der Waals surface area contributed by atoms with Gasteiger partial charge in [-0.1, -0.05) is 0 Å². The van der Waals surface area contributed by atoms with Crippen molar-refractivity contribution in [1.82, 2.24) is 15.2 Å². The van der Waals surface area contributed by atoms with Crippen LogP contribution in [-0.2, 0) is 17.5 Å². The molecule has 0 aliphatic heterocycles. The fourth-order valence-electron chi connectivity index (χ4n) is 1.55. The van der Waals surface area contributed by atoms with Crippen molar-refractivity contribution >= 4 is 23.5 Å². The number of carbonyl (C=O) groups is 1. The first kappa shape index (κ1) is 16.1. The maximum Gasteiger partial charge on any atom is 0.435 e. The molecule has 0 aliphatic carbocycles. The Morgan fingerprint density at radius 2 is 2.23 bits per heavy atom. The minimum Gasteiger partial charge on any atom is -0.271 e. The molecule has 0 saturated carbocycles. The number of hydrogen-bond acceptors (Lipinski definition) is 4. The van der Waals surface area contributed by atoms with Crippen LogP contribution >= 0.6 is 11.3 Å². The summed E-state index contributed by atoms with van der Waals surface area (Å²) in [7, 11) is 0. The quantitative estimate of drug-likeness (QED) is 0.531. The zero-order chi connectivity index (χ0) is 16.3. The van der Waals surface area contributed by atoms with Crippen molar-refractivity contribution in [3.63, 3.8) is 0 Å². The monoisotopic (exact) mass is 334 g/mol. The first-order valence-corrected chi connectivity index (χ1v) is 6.76. The van der Waals surface area contributed by atoms with E-state index in [2.05, 4.69) is 15.6 Å². The molecule has 0 saturated heterocycles. The number of carbonyl (C=O) groups excluding carboxylic acids is 1. The van der Waals surface area contributed by atoms with E-state index in [1.165, 1.54) is 25.3 Å². The minimum absolute atomic E-state index is 0.201. The number of alkyl halides is 3. The predicted octanol–water partition coefficient (Wildman–Crippen LogP) is 2.56. The smallest absolute Gasteiger partial charge is 0.271 e. The number of aromatic nitrogens is 2. The maximum atomic E-state index is 12.7. The van der Waals surface area contributed by atoms with Gasteiger partial charge in [-0.15, -0.1) is 11.3 Å². The number of aryl methyl sites for hydroxylation is 1. The molecule has 22 heavy (non-hydrogen) atoms. The van der Waals surface area contributed by atoms with E-state index in [4.69, 9.17) is 0 Å². The molecule has 0 spiro atoms. The Bertz CT molecular complexity index is 704. The Kier molecular flexibility index (Phi) is 4.59. The normalized spacial score (nSPS) is 12.0. The maximum absolute atomic E-state index is 12.7. The van der Waals surface area contributed by atoms with Crippen LogP contribution in [0.2, 0.25) is 0 Å². The van der Waals surface area contributed by atoms with E-state index in [-0.39, 0.29) is 10.8 Å². The molecule has 0 unspecified atom stereocenters. The summed E-state index contributed by atoms with van der Waals surface area (Å²) < 4.78 is 51.1. The van der Waals surface area contributed by atoms with Crippen molar-refractivity contribution in [2.24, 2.45) is 5.10 Å². The summed E-state index contributed by atoms with van der Waals surface area (Å²) in [4.78, 5) is 12.1. The third kappa shape index (κ3) is 4.13. The van der Waals surface area contributed by atoms with E-state index in [1.54, 1.807) is 0 Å². The zero-order valence-corrected chi connectivity index (χ0v) is 12.0. The second-order valence-electron chi connectivity index (χ2n) is 4.26. The van der Waals surface area contributed by atoms with E-state index in [0.717, 1.165) is 22.1 Å². The van der Waals surface area contributed by atoms with Gasteiger partial charge in [0, 0.05) is 5.69 Å². The molecule has 118 valence electrons. The number of hydrogen-bond donors (Lipinski definition) is 1. The topological polar surface area (TPSA) is 59.3 Å². The van der Waals surface area contributed by atoms with Crippen molar-refractivity contribution in [2.45, 2.75) is 19.6 Å². The van der Waals surface area contributed by atoms with Crippen LogP contribution in [0.3, 0.4) is 0 Å². The van der Waals surface area contributed by atoms with Gasteiger partial charge in [0.25, 0.3) is 5.91 Å². The lowest BCUT2D eigenvalue weighted by Gasteiger charge is -2.03. The van der Waals surface area contributed by atoms with Gasteiger partial charge in [0.2, 0.25) is 0 Å². The number of thiophene rings is 1. The Labute approximate surface area is 126 Å². The zero-order valence-electron chi connectivity index (χ0n) is 11.2. The summed E-state index contributed by atoms with van der Waals surface area (Å²) in [6, 6.07) is 3.58. The summed E-state index contributed by atoms with van der Waals surface area (Å²) >= 11 is 0.842. The van der Waals surface area contributed by atoms with Crippen molar-refractivity contribution in [2.75, 3.05) is 0 Å². The molecule has 2 aromatic rings. The lowest BCUT2D eigenvalue weighted by atomic mass is 10.3. The highest BCUT2D eigenvalue weighted by Crippen LogP contribution is 2.28. The van der Waals surface area contributed by atoms with Gasteiger partial charge in [-0.05, 0) is 25.1 Å². The SMILES string of the molecule is Cc1cc(C(F)(F)F)nn1CC(=O)N/N=C/c1ccc(F)s1. The highest BCUT2D eigenvalue weighted by Gasteiger charge is 2.34. The third-order valence-corrected chi connectivity index (χ3v) is 3.35. The average molecular weight is 334 g/mol. The second kappa shape index (κ2) is 6.26. The first-order valence-electron chi connectivity index (χ1n) is 5.94. The van der Waals surface area contributed by atoms with Gasteiger partial charge >= 0.3 is 6.18 Å². The van der Waals surface area contributed by atoms with Crippen LogP contribution in [0, 0.1) is 12.1 Å². The van der Waals surface area contributed by atoms with Gasteiger partial charge < -0.3 is 0 Å². The molecule has 0 fully saturated rings. The van der Waals surface area contributed by atoms with Gasteiger partial charge in [-0.25, -0.2) is 5.43 Å². The van der Waals surface area contributed by atoms with Crippen molar-refractivity contribution in [1.29, 1.82) is 0 Å². The van der Waals surface area contributed by atoms with Crippen LogP contribution in [-0.4, -0.2) is 21.9 Å². The van der Waals surface area contributed by atoms with Gasteiger partial charge in [-0.3, -0.25) is 9.48 Å². The summed E-state index contributed by atoms with van der Waals surface area (Å²) in [6.07, 6.45) is -3.32. The number of hydrazone groups is 1. The van der Waals surface area contributed by atoms with E-state index in [0.29, 0.717) is 4.88 Å². The highest BCUT2D eigenvalue weighted by molar-refractivity contribution is 7.12. The third-order valence-electron chi connectivity index (χ3n) is 2.54. The molecule has 1 amide bonds. The fraction of sp³-hybridized carbons (Fsp3) is 0.250. The number of nitrogens with zero attached hydrogens (tertiary/aromatic N) is 3. The van der Waals surface area contributed by atoms with Crippen LogP contribution in [0.4, 0.5) is 17.6 Å². The Balaban J connectivity index is 1.95. The molecular weight excluding hydrogens is 324 g/mol. The lowest BCUT2D eigenvalue weighted by molar-refractivity contribution is -0.141. The van der Waals surface area contributed by atoms with Crippen molar-refractivity contribution in [3.05, 3.63) is 39.6 Å². The Morgan fingerprint density at radius 3 is 2.77 bits per heavy atom. The highest BCUT2D eigenvalue weighted by atomic mass is 32.1. The largest absolute Gasteiger partial charge is 0.435 e. The molecule has 5 nitrogen and oxygen atoms in total. The predicted molar refractivity (Wildman–Crippen MR) is 72.0 cm³/mol. The number of nitrogens with one attached hydrogen (secondary N) is 1. The molecule has 0 atom stereocenters. The van der Waals surface area contributed by atoms with Gasteiger partial charge in [0.05, 0.1) is 11.1 Å². The van der Waals surface area contributed by atoms with E-state index in [1.807, 2.05) is 0 Å². The molecule has 0 radical (unpaired) electrons. The van der Waals surface area contributed by atoms with Gasteiger partial charge in [0.15, 0.2) is 10.8 Å². The summed E-state index contributed by atoms with van der Waals surface area (Å²) in [5.41, 5.74) is 1.28. The lowest BCUT2D eigenvalue weighted by Crippen LogP contribution is -2.24. The number of amides is 1. The number of halogens is 4. The molecule has 0 aromatic carbocycles. The van der Waals surface area contributed by atoms with Gasteiger partial charge in [0.1, 0.15) is 6.54 Å². The van der Waals surface area contributed by atoms with Crippen LogP contribution in [0.15, 0.2) is 23.3 Å². The average Bonchev–Trinajstić information content (AvgIpc) is 2.96. The molecule has 1 N–H and O–H groups in total. The first-order chi connectivity index (χ1) is 10.3. The Morgan fingerprint density at radius 1 is 1.50 bits per heavy atom. The summed E-state index contributed by atoms with van der Waals surface area (Å²) in [5, 5.41) is 6.52. The molecule has 10 heteroatoms. The van der Waals surface area contributed by atoms with Crippen LogP contribution in [0.1, 0.15) is 16.3 Å². The van der Waals surface area contributed by atoms with Crippen LogP contribution < -0.4 is 5.43 Å². The molecule has 2 heterocycles. The van der Waals surface area contributed by atoms with E-state index < -0.39 is 24.3 Å². The number of rotatable bonds is 4. The summed E-state index contributed by atoms with van der Waals surface area (Å²) in [6.45, 7) is 1.01. The van der Waals surface area contributed by atoms with E-state index >= 15 is 0 Å². The van der Waals surface area contributed by atoms with E-state index in [9.17, 15) is 22.4 Å². The second-order valence-corrected chi connectivity index (χ2v) is 5.33. The molecular formula is C12H10F4N4OS. The molecule has 0 aliphatic rings. The standard InChI is InChI=1S/C12H10F4N4OS/c1-7-4-9(12(14,15)16)19-20(7)6-11(21)18-17-5-8-2-3-10(13)22-8/h2-5H,6H2,1H3,(H,18,21)/b17-5+. The molecule has 2 aromatic heterocycles. The molecule has 2 rings (SSSR count). The van der Waals surface area contributed by atoms with Crippen molar-refractivity contribution < 1.29 is 22.4 Å². The van der Waals surface area contributed by atoms with Crippen LogP contribution in [0.5, 0.6) is 0 Å². The minimum atomic E-state index is -4.56.